The fourth-order valence-corrected chi connectivity index (χ4v) is 3.29. The summed E-state index contributed by atoms with van der Waals surface area (Å²) in [6.45, 7) is 3.38. The Morgan fingerprint density at radius 1 is 1.33 bits per heavy atom. The molecule has 24 heavy (non-hydrogen) atoms. The van der Waals surface area contributed by atoms with Crippen molar-refractivity contribution in [3.63, 3.8) is 0 Å². The van der Waals surface area contributed by atoms with Crippen LogP contribution in [-0.4, -0.2) is 47.6 Å². The van der Waals surface area contributed by atoms with E-state index in [1.165, 1.54) is 0 Å². The van der Waals surface area contributed by atoms with Gasteiger partial charge in [-0.2, -0.15) is 0 Å². The Kier molecular flexibility index (Phi) is 5.08. The number of nitrogens with zero attached hydrogens (tertiary/aromatic N) is 1. The smallest absolute Gasteiger partial charge is 0.409 e. The van der Waals surface area contributed by atoms with Gasteiger partial charge >= 0.3 is 6.09 Å². The van der Waals surface area contributed by atoms with Crippen LogP contribution in [0, 0.1) is 0 Å². The van der Waals surface area contributed by atoms with E-state index in [0.717, 1.165) is 28.2 Å². The van der Waals surface area contributed by atoms with Crippen LogP contribution in [0.15, 0.2) is 28.7 Å². The zero-order valence-electron chi connectivity index (χ0n) is 13.5. The highest BCUT2D eigenvalue weighted by Gasteiger charge is 2.25. The molecule has 0 aliphatic carbocycles. The van der Waals surface area contributed by atoms with Gasteiger partial charge in [0.2, 0.25) is 0 Å². The molecule has 2 N–H and O–H groups in total. The lowest BCUT2D eigenvalue weighted by Gasteiger charge is -2.31. The Hall–Kier alpha value is -2.02. The number of hydrogen-bond acceptors (Lipinski definition) is 3. The molecule has 0 unspecified atom stereocenters. The van der Waals surface area contributed by atoms with E-state index >= 15 is 0 Å². The van der Waals surface area contributed by atoms with Gasteiger partial charge in [-0.15, -0.1) is 0 Å². The second kappa shape index (κ2) is 7.25. The van der Waals surface area contributed by atoms with Crippen LogP contribution in [0.1, 0.15) is 30.3 Å². The van der Waals surface area contributed by atoms with Crippen LogP contribution in [0.2, 0.25) is 0 Å². The van der Waals surface area contributed by atoms with E-state index in [-0.39, 0.29) is 18.0 Å². The third kappa shape index (κ3) is 3.72. The maximum atomic E-state index is 12.4. The second-order valence-corrected chi connectivity index (χ2v) is 6.76. The quantitative estimate of drug-likeness (QED) is 0.839. The molecule has 0 radical (unpaired) electrons. The fourth-order valence-electron chi connectivity index (χ4n) is 2.91. The Balaban J connectivity index is 1.58. The van der Waals surface area contributed by atoms with E-state index < -0.39 is 0 Å². The van der Waals surface area contributed by atoms with E-state index in [4.69, 9.17) is 4.74 Å². The molecule has 2 heterocycles. The van der Waals surface area contributed by atoms with E-state index in [0.29, 0.717) is 25.4 Å². The van der Waals surface area contributed by atoms with Gasteiger partial charge < -0.3 is 19.9 Å². The molecular weight excluding hydrogens is 374 g/mol. The highest BCUT2D eigenvalue weighted by molar-refractivity contribution is 9.10. The number of nitrogens with one attached hydrogen (secondary N) is 2. The van der Waals surface area contributed by atoms with Crippen LogP contribution < -0.4 is 5.32 Å². The number of benzene rings is 1. The average molecular weight is 394 g/mol. The molecule has 6 nitrogen and oxygen atoms in total. The predicted octanol–water partition coefficient (Wildman–Crippen LogP) is 3.28. The number of likely N-dealkylation sites (tertiary alicyclic amines) is 1. The van der Waals surface area contributed by atoms with Crippen molar-refractivity contribution in [3.8, 4) is 0 Å². The maximum absolute atomic E-state index is 12.4. The van der Waals surface area contributed by atoms with Crippen molar-refractivity contribution in [1.82, 2.24) is 15.2 Å². The van der Waals surface area contributed by atoms with E-state index in [1.54, 1.807) is 11.8 Å². The Morgan fingerprint density at radius 3 is 2.79 bits per heavy atom. The van der Waals surface area contributed by atoms with Crippen molar-refractivity contribution in [3.05, 3.63) is 34.4 Å². The molecule has 1 aliphatic rings. The number of aromatic nitrogens is 1. The first kappa shape index (κ1) is 16.8. The van der Waals surface area contributed by atoms with Crippen LogP contribution >= 0.6 is 15.9 Å². The molecule has 1 aromatic carbocycles. The highest BCUT2D eigenvalue weighted by atomic mass is 79.9. The Labute approximate surface area is 148 Å². The Bertz CT molecular complexity index is 751. The minimum absolute atomic E-state index is 0.0707. The van der Waals surface area contributed by atoms with Crippen LogP contribution in [0.5, 0.6) is 0 Å². The molecule has 2 amide bonds. The van der Waals surface area contributed by atoms with Gasteiger partial charge in [-0.3, -0.25) is 4.79 Å². The zero-order valence-corrected chi connectivity index (χ0v) is 15.1. The van der Waals surface area contributed by atoms with Gasteiger partial charge in [-0.1, -0.05) is 15.9 Å². The summed E-state index contributed by atoms with van der Waals surface area (Å²) in [4.78, 5) is 28.9. The van der Waals surface area contributed by atoms with Gasteiger partial charge in [0, 0.05) is 34.5 Å². The molecular formula is C17H20BrN3O3. The number of amides is 2. The van der Waals surface area contributed by atoms with E-state index in [1.807, 2.05) is 24.3 Å². The minimum atomic E-state index is -0.275. The van der Waals surface area contributed by atoms with Crippen molar-refractivity contribution in [2.45, 2.75) is 25.8 Å². The van der Waals surface area contributed by atoms with Crippen molar-refractivity contribution >= 4 is 38.8 Å². The number of rotatable bonds is 3. The number of H-pyrrole nitrogens is 1. The second-order valence-electron chi connectivity index (χ2n) is 5.85. The summed E-state index contributed by atoms with van der Waals surface area (Å²) in [5.74, 6) is -0.114. The van der Waals surface area contributed by atoms with Crippen molar-refractivity contribution < 1.29 is 14.3 Å². The lowest BCUT2D eigenvalue weighted by molar-refractivity contribution is 0.0857. The van der Waals surface area contributed by atoms with Crippen LogP contribution in [0.4, 0.5) is 4.79 Å². The largest absolute Gasteiger partial charge is 0.450 e. The van der Waals surface area contributed by atoms with Gasteiger partial charge in [-0.05, 0) is 44.0 Å². The summed E-state index contributed by atoms with van der Waals surface area (Å²) in [5.41, 5.74) is 1.48. The van der Waals surface area contributed by atoms with E-state index in [9.17, 15) is 9.59 Å². The van der Waals surface area contributed by atoms with Crippen LogP contribution in [0.25, 0.3) is 10.9 Å². The topological polar surface area (TPSA) is 74.4 Å². The third-order valence-electron chi connectivity index (χ3n) is 4.18. The fraction of sp³-hybridized carbons (Fsp3) is 0.412. The first-order chi connectivity index (χ1) is 11.6. The molecule has 0 saturated carbocycles. The zero-order chi connectivity index (χ0) is 17.1. The van der Waals surface area contributed by atoms with Gasteiger partial charge in [-0.25, -0.2) is 4.79 Å². The molecule has 7 heteroatoms. The number of carbonyl (C=O) groups excluding carboxylic acids is 2. The molecule has 0 bridgehead atoms. The molecule has 1 aliphatic heterocycles. The molecule has 3 rings (SSSR count). The monoisotopic (exact) mass is 393 g/mol. The van der Waals surface area contributed by atoms with Crippen molar-refractivity contribution in [2.75, 3.05) is 19.7 Å². The molecule has 128 valence electrons. The lowest BCUT2D eigenvalue weighted by Crippen LogP contribution is -2.46. The summed E-state index contributed by atoms with van der Waals surface area (Å²) >= 11 is 3.43. The number of piperidine rings is 1. The Morgan fingerprint density at radius 2 is 2.08 bits per heavy atom. The molecule has 1 aromatic heterocycles. The molecule has 0 atom stereocenters. The number of hydrogen-bond donors (Lipinski definition) is 2. The minimum Gasteiger partial charge on any atom is -0.450 e. The molecule has 1 saturated heterocycles. The molecule has 1 fully saturated rings. The summed E-state index contributed by atoms with van der Waals surface area (Å²) in [6, 6.07) is 7.77. The first-order valence-corrected chi connectivity index (χ1v) is 8.87. The normalized spacial score (nSPS) is 15.5. The standard InChI is InChI=1S/C17H20BrN3O3/c1-2-24-17(23)21-7-5-13(6-8-21)19-16(22)15-10-11-9-12(18)3-4-14(11)20-15/h3-4,9-10,13,20H,2,5-8H2,1H3,(H,19,22). The highest BCUT2D eigenvalue weighted by Crippen LogP contribution is 2.21. The van der Waals surface area contributed by atoms with Gasteiger partial charge in [0.05, 0.1) is 6.61 Å². The van der Waals surface area contributed by atoms with Crippen LogP contribution in [0.3, 0.4) is 0 Å². The average Bonchev–Trinajstić information content (AvgIpc) is 2.99. The summed E-state index contributed by atoms with van der Waals surface area (Å²) in [6.07, 6.45) is 1.19. The van der Waals surface area contributed by atoms with Gasteiger partial charge in [0.1, 0.15) is 5.69 Å². The maximum Gasteiger partial charge on any atom is 0.409 e. The number of halogens is 1. The molecule has 2 aromatic rings. The van der Waals surface area contributed by atoms with Crippen LogP contribution in [-0.2, 0) is 4.74 Å². The SMILES string of the molecule is CCOC(=O)N1CCC(NC(=O)c2cc3cc(Br)ccc3[nH]2)CC1. The van der Waals surface area contributed by atoms with Gasteiger partial charge in [0.15, 0.2) is 0 Å². The number of ether oxygens (including phenoxy) is 1. The van der Waals surface area contributed by atoms with E-state index in [2.05, 4.69) is 26.2 Å². The van der Waals surface area contributed by atoms with Crippen molar-refractivity contribution in [2.24, 2.45) is 0 Å². The number of carbonyl (C=O) groups is 2. The lowest BCUT2D eigenvalue weighted by atomic mass is 10.1. The summed E-state index contributed by atoms with van der Waals surface area (Å²) in [7, 11) is 0. The van der Waals surface area contributed by atoms with Gasteiger partial charge in [0.25, 0.3) is 5.91 Å². The predicted molar refractivity (Wildman–Crippen MR) is 95.1 cm³/mol. The van der Waals surface area contributed by atoms with Crippen molar-refractivity contribution in [1.29, 1.82) is 0 Å². The number of aromatic amines is 1. The first-order valence-electron chi connectivity index (χ1n) is 8.07. The third-order valence-corrected chi connectivity index (χ3v) is 4.68. The summed E-state index contributed by atoms with van der Waals surface area (Å²) < 4.78 is 5.98. The molecule has 0 spiro atoms. The summed E-state index contributed by atoms with van der Waals surface area (Å²) in [5, 5.41) is 4.03. The number of fused-ring (bicyclic) bond motifs is 1.